The predicted octanol–water partition coefficient (Wildman–Crippen LogP) is 3.19. The summed E-state index contributed by atoms with van der Waals surface area (Å²) in [6.45, 7) is 1.82. The molecule has 0 aliphatic heterocycles. The average molecular weight is 370 g/mol. The van der Waals surface area contributed by atoms with E-state index in [-0.39, 0.29) is 21.9 Å². The van der Waals surface area contributed by atoms with Gasteiger partial charge in [-0.25, -0.2) is 8.42 Å². The van der Waals surface area contributed by atoms with Crippen LogP contribution >= 0.6 is 11.6 Å². The number of carbonyl (C=O) groups excluding carboxylic acids is 1. The number of sulfonamides is 1. The maximum atomic E-state index is 12.6. The number of aryl methyl sites for hydroxylation is 1. The Kier molecular flexibility index (Phi) is 5.36. The number of rotatable bonds is 6. The summed E-state index contributed by atoms with van der Waals surface area (Å²) in [4.78, 5) is 11.5. The summed E-state index contributed by atoms with van der Waals surface area (Å²) >= 11 is 5.54. The molecule has 128 valence electrons. The maximum absolute atomic E-state index is 12.6. The van der Waals surface area contributed by atoms with Crippen LogP contribution in [0.5, 0.6) is 11.5 Å². The van der Waals surface area contributed by atoms with Gasteiger partial charge in [-0.1, -0.05) is 6.07 Å². The van der Waals surface area contributed by atoms with Gasteiger partial charge in [0.2, 0.25) is 0 Å². The van der Waals surface area contributed by atoms with Gasteiger partial charge in [0.1, 0.15) is 16.4 Å². The summed E-state index contributed by atoms with van der Waals surface area (Å²) < 4.78 is 37.8. The van der Waals surface area contributed by atoms with Gasteiger partial charge in [-0.15, -0.1) is 0 Å². The van der Waals surface area contributed by atoms with Gasteiger partial charge in [0, 0.05) is 0 Å². The first kappa shape index (κ1) is 18.1. The molecular weight excluding hydrogens is 354 g/mol. The van der Waals surface area contributed by atoms with Crippen LogP contribution in [0.2, 0.25) is 0 Å². The highest BCUT2D eigenvalue weighted by Gasteiger charge is 2.22. The first-order valence-electron chi connectivity index (χ1n) is 6.84. The van der Waals surface area contributed by atoms with Gasteiger partial charge in [0.05, 0.1) is 25.5 Å². The molecule has 0 atom stereocenters. The second kappa shape index (κ2) is 7.11. The van der Waals surface area contributed by atoms with Gasteiger partial charge in [0.25, 0.3) is 15.3 Å². The second-order valence-corrected chi connectivity index (χ2v) is 6.94. The monoisotopic (exact) mass is 369 g/mol. The molecule has 0 spiro atoms. The van der Waals surface area contributed by atoms with Gasteiger partial charge < -0.3 is 9.47 Å². The summed E-state index contributed by atoms with van der Waals surface area (Å²) in [5, 5.41) is -0.803. The molecule has 24 heavy (non-hydrogen) atoms. The summed E-state index contributed by atoms with van der Waals surface area (Å²) in [5.74, 6) is 0.588. The lowest BCUT2D eigenvalue weighted by atomic mass is 10.2. The molecule has 0 aromatic heterocycles. The first-order chi connectivity index (χ1) is 11.3. The molecule has 6 nitrogen and oxygen atoms in total. The molecule has 0 saturated carbocycles. The third-order valence-electron chi connectivity index (χ3n) is 3.29. The van der Waals surface area contributed by atoms with E-state index in [0.717, 1.165) is 5.56 Å². The van der Waals surface area contributed by atoms with Gasteiger partial charge in [-0.3, -0.25) is 9.52 Å². The van der Waals surface area contributed by atoms with Crippen LogP contribution in [-0.4, -0.2) is 27.9 Å². The molecule has 0 radical (unpaired) electrons. The normalized spacial score (nSPS) is 11.0. The van der Waals surface area contributed by atoms with Gasteiger partial charge in [-0.05, 0) is 54.4 Å². The highest BCUT2D eigenvalue weighted by Crippen LogP contribution is 2.30. The first-order valence-corrected chi connectivity index (χ1v) is 8.70. The highest BCUT2D eigenvalue weighted by molar-refractivity contribution is 7.92. The van der Waals surface area contributed by atoms with Crippen molar-refractivity contribution in [1.82, 2.24) is 0 Å². The Labute approximate surface area is 145 Å². The van der Waals surface area contributed by atoms with Crippen LogP contribution in [0, 0.1) is 6.92 Å². The summed E-state index contributed by atoms with van der Waals surface area (Å²) in [7, 11) is -1.16. The molecular formula is C16H16ClNO5S. The van der Waals surface area contributed by atoms with Crippen molar-refractivity contribution >= 4 is 32.6 Å². The standard InChI is InChI=1S/C16H16ClNO5S/c1-10-4-7-15(14(8-10)23-3)24(20,21)18-13-6-5-11(22-2)9-12(13)16(17)19/h4-9,18H,1-3H3. The van der Waals surface area contributed by atoms with E-state index in [9.17, 15) is 13.2 Å². The number of benzene rings is 2. The number of anilines is 1. The van der Waals surface area contributed by atoms with Crippen molar-refractivity contribution in [2.24, 2.45) is 0 Å². The van der Waals surface area contributed by atoms with E-state index in [1.54, 1.807) is 12.1 Å². The quantitative estimate of drug-likeness (QED) is 0.791. The van der Waals surface area contributed by atoms with Gasteiger partial charge in [-0.2, -0.15) is 0 Å². The van der Waals surface area contributed by atoms with Crippen LogP contribution in [0.4, 0.5) is 5.69 Å². The van der Waals surface area contributed by atoms with Crippen molar-refractivity contribution < 1.29 is 22.7 Å². The zero-order valence-electron chi connectivity index (χ0n) is 13.3. The van der Waals surface area contributed by atoms with Crippen LogP contribution in [-0.2, 0) is 10.0 Å². The molecule has 1 N–H and O–H groups in total. The molecule has 0 bridgehead atoms. The lowest BCUT2D eigenvalue weighted by Crippen LogP contribution is -2.16. The minimum atomic E-state index is -3.98. The molecule has 2 aromatic carbocycles. The van der Waals surface area contributed by atoms with Gasteiger partial charge >= 0.3 is 0 Å². The molecule has 0 amide bonds. The molecule has 0 heterocycles. The van der Waals surface area contributed by atoms with Crippen molar-refractivity contribution in [3.63, 3.8) is 0 Å². The third kappa shape index (κ3) is 3.80. The van der Waals surface area contributed by atoms with E-state index in [1.807, 2.05) is 6.92 Å². The topological polar surface area (TPSA) is 81.7 Å². The van der Waals surface area contributed by atoms with E-state index in [1.165, 1.54) is 38.5 Å². The number of hydrogen-bond acceptors (Lipinski definition) is 5. The fraction of sp³-hybridized carbons (Fsp3) is 0.188. The minimum absolute atomic E-state index is 0.00864. The number of carbonyl (C=O) groups is 1. The van der Waals surface area contributed by atoms with Crippen LogP contribution in [0.1, 0.15) is 15.9 Å². The Hall–Kier alpha value is -2.25. The van der Waals surface area contributed by atoms with E-state index < -0.39 is 15.3 Å². The molecule has 0 fully saturated rings. The SMILES string of the molecule is COc1ccc(NS(=O)(=O)c2ccc(C)cc2OC)c(C(=O)Cl)c1. The van der Waals surface area contributed by atoms with Crippen molar-refractivity contribution in [3.8, 4) is 11.5 Å². The maximum Gasteiger partial charge on any atom is 0.265 e. The number of ether oxygens (including phenoxy) is 2. The van der Waals surface area contributed by atoms with E-state index in [0.29, 0.717) is 5.75 Å². The fourth-order valence-corrected chi connectivity index (χ4v) is 3.49. The summed E-state index contributed by atoms with van der Waals surface area (Å²) in [6, 6.07) is 8.98. The van der Waals surface area contributed by atoms with Crippen molar-refractivity contribution in [2.45, 2.75) is 11.8 Å². The number of nitrogens with one attached hydrogen (secondary N) is 1. The van der Waals surface area contributed by atoms with E-state index in [4.69, 9.17) is 21.1 Å². The lowest BCUT2D eigenvalue weighted by Gasteiger charge is -2.14. The molecule has 0 unspecified atom stereocenters. The Balaban J connectivity index is 2.49. The molecule has 0 aliphatic carbocycles. The molecule has 0 saturated heterocycles. The predicted molar refractivity (Wildman–Crippen MR) is 91.7 cm³/mol. The number of halogens is 1. The molecule has 8 heteroatoms. The smallest absolute Gasteiger partial charge is 0.265 e. The molecule has 2 rings (SSSR count). The highest BCUT2D eigenvalue weighted by atomic mass is 35.5. The van der Waals surface area contributed by atoms with Crippen molar-refractivity contribution in [1.29, 1.82) is 0 Å². The Morgan fingerprint density at radius 1 is 1.08 bits per heavy atom. The summed E-state index contributed by atoms with van der Waals surface area (Å²) in [5.41, 5.74) is 0.899. The Morgan fingerprint density at radius 3 is 2.38 bits per heavy atom. The molecule has 2 aromatic rings. The van der Waals surface area contributed by atoms with E-state index >= 15 is 0 Å². The minimum Gasteiger partial charge on any atom is -0.497 e. The van der Waals surface area contributed by atoms with Crippen LogP contribution in [0.15, 0.2) is 41.3 Å². The lowest BCUT2D eigenvalue weighted by molar-refractivity contribution is 0.108. The fourth-order valence-electron chi connectivity index (χ4n) is 2.10. The molecule has 0 aliphatic rings. The largest absolute Gasteiger partial charge is 0.497 e. The van der Waals surface area contributed by atoms with Crippen LogP contribution < -0.4 is 14.2 Å². The van der Waals surface area contributed by atoms with Crippen LogP contribution in [0.3, 0.4) is 0 Å². The Morgan fingerprint density at radius 2 is 1.79 bits per heavy atom. The zero-order valence-corrected chi connectivity index (χ0v) is 14.9. The number of hydrogen-bond donors (Lipinski definition) is 1. The van der Waals surface area contributed by atoms with Crippen molar-refractivity contribution in [3.05, 3.63) is 47.5 Å². The third-order valence-corrected chi connectivity index (χ3v) is 4.90. The summed E-state index contributed by atoms with van der Waals surface area (Å²) in [6.07, 6.45) is 0. The Bertz CT molecular complexity index is 880. The zero-order chi connectivity index (χ0) is 17.9. The van der Waals surface area contributed by atoms with Gasteiger partial charge in [0.15, 0.2) is 0 Å². The number of methoxy groups -OCH3 is 2. The van der Waals surface area contributed by atoms with Crippen molar-refractivity contribution in [2.75, 3.05) is 18.9 Å². The van der Waals surface area contributed by atoms with Crippen LogP contribution in [0.25, 0.3) is 0 Å². The average Bonchev–Trinajstić information content (AvgIpc) is 2.54. The van der Waals surface area contributed by atoms with E-state index in [2.05, 4.69) is 4.72 Å². The second-order valence-electron chi connectivity index (χ2n) is 4.95.